The molecule has 0 spiro atoms. The van der Waals surface area contributed by atoms with E-state index < -0.39 is 0 Å². The molecule has 0 atom stereocenters. The molecule has 5 nitrogen and oxygen atoms in total. The van der Waals surface area contributed by atoms with Crippen LogP contribution in [0.5, 0.6) is 5.75 Å². The molecule has 0 radical (unpaired) electrons. The number of aromatic nitrogens is 2. The number of rotatable bonds is 7. The summed E-state index contributed by atoms with van der Waals surface area (Å²) in [5, 5.41) is 13.8. The highest BCUT2D eigenvalue weighted by Crippen LogP contribution is 2.27. The fraction of sp³-hybridized carbons (Fsp3) is 0.348. The van der Waals surface area contributed by atoms with E-state index >= 15 is 0 Å². The Kier molecular flexibility index (Phi) is 6.22. The molecule has 2 heterocycles. The van der Waals surface area contributed by atoms with Gasteiger partial charge in [0.2, 0.25) is 0 Å². The van der Waals surface area contributed by atoms with Crippen LogP contribution in [0, 0.1) is 5.82 Å². The van der Waals surface area contributed by atoms with E-state index in [4.69, 9.17) is 4.74 Å². The van der Waals surface area contributed by atoms with Gasteiger partial charge in [-0.1, -0.05) is 18.2 Å². The van der Waals surface area contributed by atoms with Crippen LogP contribution < -0.4 is 4.74 Å². The van der Waals surface area contributed by atoms with Gasteiger partial charge in [0.1, 0.15) is 18.2 Å². The lowest BCUT2D eigenvalue weighted by atomic mass is 10.0. The van der Waals surface area contributed by atoms with Gasteiger partial charge in [-0.2, -0.15) is 5.10 Å². The van der Waals surface area contributed by atoms with Crippen LogP contribution in [0.2, 0.25) is 0 Å². The van der Waals surface area contributed by atoms with Crippen LogP contribution in [0.1, 0.15) is 18.4 Å². The molecular weight excluding hydrogens is 369 g/mol. The quantitative estimate of drug-likeness (QED) is 0.665. The lowest BCUT2D eigenvalue weighted by Gasteiger charge is -2.29. The Hall–Kier alpha value is -2.70. The SMILES string of the molecule is OC1CCN(CCOc2cccc(-c3cc(Cn4cccn4)ccc3F)c2)CC1. The lowest BCUT2D eigenvalue weighted by molar-refractivity contribution is 0.0755. The number of hydrogen-bond donors (Lipinski definition) is 1. The van der Waals surface area contributed by atoms with E-state index in [0.717, 1.165) is 49.4 Å². The molecule has 0 bridgehead atoms. The van der Waals surface area contributed by atoms with Crippen molar-refractivity contribution in [2.45, 2.75) is 25.5 Å². The fourth-order valence-electron chi connectivity index (χ4n) is 3.66. The van der Waals surface area contributed by atoms with Crippen LogP contribution in [-0.4, -0.2) is 52.1 Å². The van der Waals surface area contributed by atoms with Crippen molar-refractivity contribution in [3.63, 3.8) is 0 Å². The Morgan fingerprint density at radius 1 is 1.10 bits per heavy atom. The number of piperidine rings is 1. The number of aliphatic hydroxyl groups is 1. The average Bonchev–Trinajstić information content (AvgIpc) is 3.24. The van der Waals surface area contributed by atoms with Crippen molar-refractivity contribution in [2.24, 2.45) is 0 Å². The molecule has 4 rings (SSSR count). The van der Waals surface area contributed by atoms with E-state index in [2.05, 4.69) is 10.00 Å². The van der Waals surface area contributed by atoms with Gasteiger partial charge in [-0.15, -0.1) is 0 Å². The van der Waals surface area contributed by atoms with Gasteiger partial charge >= 0.3 is 0 Å². The number of ether oxygens (including phenoxy) is 1. The van der Waals surface area contributed by atoms with Crippen LogP contribution in [0.3, 0.4) is 0 Å². The molecule has 1 aliphatic heterocycles. The Labute approximate surface area is 170 Å². The van der Waals surface area contributed by atoms with Gasteiger partial charge in [0.05, 0.1) is 12.6 Å². The smallest absolute Gasteiger partial charge is 0.131 e. The van der Waals surface area contributed by atoms with Crippen molar-refractivity contribution in [3.8, 4) is 16.9 Å². The van der Waals surface area contributed by atoms with E-state index in [-0.39, 0.29) is 11.9 Å². The maximum atomic E-state index is 14.5. The topological polar surface area (TPSA) is 50.5 Å². The molecular formula is C23H26FN3O2. The van der Waals surface area contributed by atoms with E-state index in [0.29, 0.717) is 18.7 Å². The second kappa shape index (κ2) is 9.20. The summed E-state index contributed by atoms with van der Waals surface area (Å²) in [6.45, 7) is 3.80. The fourth-order valence-corrected chi connectivity index (χ4v) is 3.66. The van der Waals surface area contributed by atoms with Crippen molar-refractivity contribution < 1.29 is 14.2 Å². The molecule has 1 saturated heterocycles. The monoisotopic (exact) mass is 395 g/mol. The third-order valence-corrected chi connectivity index (χ3v) is 5.31. The minimum absolute atomic E-state index is 0.164. The van der Waals surface area contributed by atoms with Gasteiger partial charge < -0.3 is 9.84 Å². The Morgan fingerprint density at radius 2 is 1.97 bits per heavy atom. The molecule has 29 heavy (non-hydrogen) atoms. The summed E-state index contributed by atoms with van der Waals surface area (Å²) in [5.41, 5.74) is 2.34. The summed E-state index contributed by atoms with van der Waals surface area (Å²) < 4.78 is 22.2. The molecule has 1 aromatic heterocycles. The summed E-state index contributed by atoms with van der Waals surface area (Å²) >= 11 is 0. The molecule has 0 unspecified atom stereocenters. The number of hydrogen-bond acceptors (Lipinski definition) is 4. The normalized spacial score (nSPS) is 15.5. The number of halogens is 1. The largest absolute Gasteiger partial charge is 0.492 e. The van der Waals surface area contributed by atoms with Gasteiger partial charge in [-0.05, 0) is 54.3 Å². The van der Waals surface area contributed by atoms with Crippen LogP contribution in [0.4, 0.5) is 4.39 Å². The van der Waals surface area contributed by atoms with Crippen LogP contribution in [0.25, 0.3) is 11.1 Å². The lowest BCUT2D eigenvalue weighted by Crippen LogP contribution is -2.38. The molecule has 1 fully saturated rings. The van der Waals surface area contributed by atoms with Crippen molar-refractivity contribution in [1.29, 1.82) is 0 Å². The first-order valence-corrected chi connectivity index (χ1v) is 10.1. The zero-order valence-electron chi connectivity index (χ0n) is 16.4. The summed E-state index contributed by atoms with van der Waals surface area (Å²) in [5.74, 6) is 0.481. The zero-order valence-corrected chi connectivity index (χ0v) is 16.4. The molecule has 0 saturated carbocycles. The highest BCUT2D eigenvalue weighted by molar-refractivity contribution is 5.66. The molecule has 0 aliphatic carbocycles. The molecule has 1 N–H and O–H groups in total. The first-order chi connectivity index (χ1) is 14.2. The van der Waals surface area contributed by atoms with Crippen molar-refractivity contribution >= 4 is 0 Å². The van der Waals surface area contributed by atoms with Gasteiger partial charge in [-0.25, -0.2) is 4.39 Å². The number of aliphatic hydroxyl groups excluding tert-OH is 1. The predicted octanol–water partition coefficient (Wildman–Crippen LogP) is 3.57. The van der Waals surface area contributed by atoms with Gasteiger partial charge in [0, 0.05) is 37.6 Å². The second-order valence-corrected chi connectivity index (χ2v) is 7.47. The Morgan fingerprint density at radius 3 is 2.76 bits per heavy atom. The minimum Gasteiger partial charge on any atom is -0.492 e. The number of benzene rings is 2. The minimum atomic E-state index is -0.252. The average molecular weight is 395 g/mol. The van der Waals surface area contributed by atoms with Crippen LogP contribution in [-0.2, 0) is 6.54 Å². The Bertz CT molecular complexity index is 922. The third kappa shape index (κ3) is 5.22. The van der Waals surface area contributed by atoms with Crippen LogP contribution >= 0.6 is 0 Å². The van der Waals surface area contributed by atoms with E-state index in [1.165, 1.54) is 6.07 Å². The van der Waals surface area contributed by atoms with Crippen molar-refractivity contribution in [3.05, 3.63) is 72.3 Å². The molecule has 152 valence electrons. The number of likely N-dealkylation sites (tertiary alicyclic amines) is 1. The Balaban J connectivity index is 1.41. The third-order valence-electron chi connectivity index (χ3n) is 5.31. The van der Waals surface area contributed by atoms with Crippen molar-refractivity contribution in [2.75, 3.05) is 26.2 Å². The van der Waals surface area contributed by atoms with Crippen LogP contribution in [0.15, 0.2) is 60.9 Å². The van der Waals surface area contributed by atoms with E-state index in [1.807, 2.05) is 47.3 Å². The summed E-state index contributed by atoms with van der Waals surface area (Å²) in [6.07, 6.45) is 5.10. The first kappa shape index (κ1) is 19.6. The number of nitrogens with zero attached hydrogens (tertiary/aromatic N) is 3. The second-order valence-electron chi connectivity index (χ2n) is 7.47. The first-order valence-electron chi connectivity index (χ1n) is 10.1. The van der Waals surface area contributed by atoms with Gasteiger partial charge in [0.15, 0.2) is 0 Å². The predicted molar refractivity (Wildman–Crippen MR) is 110 cm³/mol. The summed E-state index contributed by atoms with van der Waals surface area (Å²) in [4.78, 5) is 2.30. The summed E-state index contributed by atoms with van der Waals surface area (Å²) in [6, 6.07) is 14.6. The summed E-state index contributed by atoms with van der Waals surface area (Å²) in [7, 11) is 0. The molecule has 0 amide bonds. The molecule has 6 heteroatoms. The van der Waals surface area contributed by atoms with E-state index in [9.17, 15) is 9.50 Å². The molecule has 1 aliphatic rings. The maximum Gasteiger partial charge on any atom is 0.131 e. The van der Waals surface area contributed by atoms with Gasteiger partial charge in [0.25, 0.3) is 0 Å². The molecule has 2 aromatic carbocycles. The zero-order chi connectivity index (χ0) is 20.1. The standard InChI is InChI=1S/C23H26FN3O2/c24-23-6-5-18(17-27-10-2-9-25-27)15-22(23)19-3-1-4-21(16-19)29-14-13-26-11-7-20(28)8-12-26/h1-6,9-10,15-16,20,28H,7-8,11-14,17H2. The maximum absolute atomic E-state index is 14.5. The van der Waals surface area contributed by atoms with Crippen molar-refractivity contribution in [1.82, 2.24) is 14.7 Å². The highest BCUT2D eigenvalue weighted by atomic mass is 19.1. The van der Waals surface area contributed by atoms with Gasteiger partial charge in [-0.3, -0.25) is 9.58 Å². The van der Waals surface area contributed by atoms with E-state index in [1.54, 1.807) is 12.3 Å². The highest BCUT2D eigenvalue weighted by Gasteiger charge is 2.16. The molecule has 3 aromatic rings.